The normalized spacial score (nSPS) is 25.0. The van der Waals surface area contributed by atoms with Crippen LogP contribution in [-0.4, -0.2) is 64.5 Å². The number of aliphatic hydroxyl groups excluding tert-OH is 2. The molecule has 12 nitrogen and oxygen atoms in total. The summed E-state index contributed by atoms with van der Waals surface area (Å²) in [4.78, 5) is 21.3. The molecule has 0 bridgehead atoms. The summed E-state index contributed by atoms with van der Waals surface area (Å²) in [7, 11) is 1.30. The van der Waals surface area contributed by atoms with Gasteiger partial charge in [-0.1, -0.05) is 24.3 Å². The highest BCUT2D eigenvalue weighted by molar-refractivity contribution is 5.39. The van der Waals surface area contributed by atoms with E-state index >= 15 is 0 Å². The number of nitro groups is 2. The van der Waals surface area contributed by atoms with Crippen molar-refractivity contribution in [1.82, 2.24) is 0 Å². The van der Waals surface area contributed by atoms with Crippen LogP contribution < -0.4 is 0 Å². The molecule has 1 aliphatic heterocycles. The first-order valence-corrected chi connectivity index (χ1v) is 10.0. The standard InChI is InChI=1S/C21H24N2O10/c1-30-21-19(25)20(32-11-14-7-3-5-9-16(14)23(28)29)18(24)17(33-21)12-31-10-13-6-2-4-8-15(13)22(26)27/h2-9,17-21,24-25H,10-12H2,1H3/t17-,18-,19+,20+,21?/m1/s1. The van der Waals surface area contributed by atoms with Crippen molar-refractivity contribution in [3.8, 4) is 0 Å². The summed E-state index contributed by atoms with van der Waals surface area (Å²) in [5.74, 6) is 0. The average molecular weight is 464 g/mol. The van der Waals surface area contributed by atoms with E-state index in [0.29, 0.717) is 5.56 Å². The minimum atomic E-state index is -1.38. The van der Waals surface area contributed by atoms with Crippen molar-refractivity contribution in [2.45, 2.75) is 43.9 Å². The lowest BCUT2D eigenvalue weighted by molar-refractivity contribution is -0.386. The zero-order valence-corrected chi connectivity index (χ0v) is 17.7. The zero-order valence-electron chi connectivity index (χ0n) is 17.7. The van der Waals surface area contributed by atoms with Crippen molar-refractivity contribution in [3.63, 3.8) is 0 Å². The molecule has 33 heavy (non-hydrogen) atoms. The van der Waals surface area contributed by atoms with Crippen molar-refractivity contribution < 1.29 is 39.0 Å². The molecule has 0 saturated carbocycles. The number of hydrogen-bond acceptors (Lipinski definition) is 10. The molecule has 178 valence electrons. The van der Waals surface area contributed by atoms with E-state index in [4.69, 9.17) is 18.9 Å². The van der Waals surface area contributed by atoms with Gasteiger partial charge in [0.2, 0.25) is 0 Å². The van der Waals surface area contributed by atoms with E-state index in [1.165, 1.54) is 31.4 Å². The van der Waals surface area contributed by atoms with Gasteiger partial charge in [0, 0.05) is 19.2 Å². The molecular weight excluding hydrogens is 440 g/mol. The third kappa shape index (κ3) is 5.87. The Morgan fingerprint density at radius 1 is 0.909 bits per heavy atom. The predicted octanol–water partition coefficient (Wildman–Crippen LogP) is 1.70. The van der Waals surface area contributed by atoms with E-state index in [1.807, 2.05) is 0 Å². The molecular formula is C21H24N2O10. The van der Waals surface area contributed by atoms with Crippen molar-refractivity contribution in [3.05, 3.63) is 79.9 Å². The summed E-state index contributed by atoms with van der Waals surface area (Å²) < 4.78 is 21.9. The van der Waals surface area contributed by atoms with Gasteiger partial charge in [0.05, 0.1) is 40.8 Å². The Labute approximate surface area is 188 Å². The van der Waals surface area contributed by atoms with Crippen LogP contribution in [0.3, 0.4) is 0 Å². The largest absolute Gasteiger partial charge is 0.387 e. The van der Waals surface area contributed by atoms with Gasteiger partial charge in [-0.2, -0.15) is 0 Å². The van der Waals surface area contributed by atoms with Crippen molar-refractivity contribution in [1.29, 1.82) is 0 Å². The lowest BCUT2D eigenvalue weighted by atomic mass is 9.99. The molecule has 0 aliphatic carbocycles. The molecule has 1 fully saturated rings. The van der Waals surface area contributed by atoms with Gasteiger partial charge in [0.25, 0.3) is 11.4 Å². The van der Waals surface area contributed by atoms with Gasteiger partial charge < -0.3 is 29.2 Å². The minimum Gasteiger partial charge on any atom is -0.387 e. The second-order valence-corrected chi connectivity index (χ2v) is 7.32. The van der Waals surface area contributed by atoms with Crippen LogP contribution in [0.15, 0.2) is 48.5 Å². The van der Waals surface area contributed by atoms with E-state index in [0.717, 1.165) is 0 Å². The smallest absolute Gasteiger partial charge is 0.274 e. The minimum absolute atomic E-state index is 0.0986. The lowest BCUT2D eigenvalue weighted by Gasteiger charge is -2.41. The van der Waals surface area contributed by atoms with Crippen molar-refractivity contribution in [2.75, 3.05) is 13.7 Å². The molecule has 5 atom stereocenters. The van der Waals surface area contributed by atoms with Crippen LogP contribution in [0.5, 0.6) is 0 Å². The first-order chi connectivity index (χ1) is 15.8. The fraction of sp³-hybridized carbons (Fsp3) is 0.429. The van der Waals surface area contributed by atoms with Crippen LogP contribution in [0, 0.1) is 20.2 Å². The van der Waals surface area contributed by atoms with Gasteiger partial charge in [-0.05, 0) is 12.1 Å². The van der Waals surface area contributed by atoms with Crippen LogP contribution in [-0.2, 0) is 32.2 Å². The number of rotatable bonds is 10. The topological polar surface area (TPSA) is 164 Å². The summed E-state index contributed by atoms with van der Waals surface area (Å²) in [5.41, 5.74) is 0.367. The van der Waals surface area contributed by atoms with Crippen molar-refractivity contribution >= 4 is 11.4 Å². The first-order valence-electron chi connectivity index (χ1n) is 10.0. The molecule has 1 heterocycles. The SMILES string of the molecule is COC1O[C@H](COCc2ccccc2[N+](=O)[O-])[C@@H](O)[C@H](OCc2ccccc2[N+](=O)[O-])[C@@H]1O. The fourth-order valence-corrected chi connectivity index (χ4v) is 3.52. The number of nitrogens with zero attached hydrogens (tertiary/aromatic N) is 2. The zero-order chi connectivity index (χ0) is 24.0. The van der Waals surface area contributed by atoms with Crippen LogP contribution in [0.25, 0.3) is 0 Å². The quantitative estimate of drug-likeness (QED) is 0.391. The van der Waals surface area contributed by atoms with Gasteiger partial charge in [0.1, 0.15) is 24.4 Å². The molecule has 1 aliphatic rings. The van der Waals surface area contributed by atoms with Crippen molar-refractivity contribution in [2.24, 2.45) is 0 Å². The fourth-order valence-electron chi connectivity index (χ4n) is 3.52. The second kappa shape index (κ2) is 11.2. The molecule has 2 N–H and O–H groups in total. The number of aliphatic hydroxyl groups is 2. The Kier molecular flexibility index (Phi) is 8.38. The maximum Gasteiger partial charge on any atom is 0.274 e. The molecule has 0 amide bonds. The maximum absolute atomic E-state index is 11.2. The van der Waals surface area contributed by atoms with Gasteiger partial charge >= 0.3 is 0 Å². The molecule has 0 aromatic heterocycles. The van der Waals surface area contributed by atoms with E-state index < -0.39 is 40.6 Å². The highest BCUT2D eigenvalue weighted by Crippen LogP contribution is 2.27. The van der Waals surface area contributed by atoms with Gasteiger partial charge in [0.15, 0.2) is 6.29 Å². The van der Waals surface area contributed by atoms with Crippen LogP contribution in [0.2, 0.25) is 0 Å². The number of hydrogen-bond donors (Lipinski definition) is 2. The third-order valence-electron chi connectivity index (χ3n) is 5.22. The summed E-state index contributed by atoms with van der Waals surface area (Å²) in [6.45, 7) is -0.521. The number of ether oxygens (including phenoxy) is 4. The Bertz CT molecular complexity index is 972. The average Bonchev–Trinajstić information content (AvgIpc) is 2.80. The molecule has 3 rings (SSSR count). The monoisotopic (exact) mass is 464 g/mol. The third-order valence-corrected chi connectivity index (χ3v) is 5.22. The Morgan fingerprint density at radius 3 is 2.00 bits per heavy atom. The van der Waals surface area contributed by atoms with Gasteiger partial charge in [-0.15, -0.1) is 0 Å². The molecule has 12 heteroatoms. The Morgan fingerprint density at radius 2 is 1.45 bits per heavy atom. The highest BCUT2D eigenvalue weighted by atomic mass is 16.7. The van der Waals surface area contributed by atoms with E-state index in [9.17, 15) is 30.4 Å². The number of methoxy groups -OCH3 is 1. The maximum atomic E-state index is 11.2. The van der Waals surface area contributed by atoms with Crippen LogP contribution in [0.1, 0.15) is 11.1 Å². The highest BCUT2D eigenvalue weighted by Gasteiger charge is 2.45. The predicted molar refractivity (Wildman–Crippen MR) is 112 cm³/mol. The summed E-state index contributed by atoms with van der Waals surface area (Å²) >= 11 is 0. The number of para-hydroxylation sites is 2. The van der Waals surface area contributed by atoms with Gasteiger partial charge in [-0.3, -0.25) is 20.2 Å². The number of nitro benzene ring substituents is 2. The summed E-state index contributed by atoms with van der Waals surface area (Å²) in [6.07, 6.45) is -6.07. The molecule has 2 aromatic rings. The van der Waals surface area contributed by atoms with E-state index in [2.05, 4.69) is 0 Å². The Hall–Kier alpha value is -3.00. The second-order valence-electron chi connectivity index (χ2n) is 7.32. The molecule has 1 saturated heterocycles. The van der Waals surface area contributed by atoms with Crippen LogP contribution >= 0.6 is 0 Å². The number of benzene rings is 2. The molecule has 0 radical (unpaired) electrons. The lowest BCUT2D eigenvalue weighted by Crippen LogP contribution is -2.60. The van der Waals surface area contributed by atoms with E-state index in [1.54, 1.807) is 24.3 Å². The van der Waals surface area contributed by atoms with Gasteiger partial charge in [-0.25, -0.2) is 0 Å². The van der Waals surface area contributed by atoms with Crippen LogP contribution in [0.4, 0.5) is 11.4 Å². The van der Waals surface area contributed by atoms with E-state index in [-0.39, 0.29) is 36.8 Å². The molecule has 1 unspecified atom stereocenters. The molecule has 2 aromatic carbocycles. The Balaban J connectivity index is 1.66. The summed E-state index contributed by atoms with van der Waals surface area (Å²) in [6, 6.07) is 12.1. The summed E-state index contributed by atoms with van der Waals surface area (Å²) in [5, 5.41) is 43.6. The first kappa shape index (κ1) is 24.6. The molecule has 0 spiro atoms.